The molecule has 1 saturated heterocycles. The van der Waals surface area contributed by atoms with Gasteiger partial charge in [-0.1, -0.05) is 18.6 Å². The Kier molecular flexibility index (Phi) is 6.59. The summed E-state index contributed by atoms with van der Waals surface area (Å²) in [6.07, 6.45) is 2.87. The molecule has 0 saturated carbocycles. The number of nitrogens with zero attached hydrogens (tertiary/aromatic N) is 1. The van der Waals surface area contributed by atoms with Crippen LogP contribution in [0.1, 0.15) is 36.0 Å². The number of hydrogen-bond donors (Lipinski definition) is 2. The predicted octanol–water partition coefficient (Wildman–Crippen LogP) is 3.84. The van der Waals surface area contributed by atoms with Crippen LogP contribution in [0.2, 0.25) is 0 Å². The summed E-state index contributed by atoms with van der Waals surface area (Å²) in [5, 5.41) is 5.95. The van der Waals surface area contributed by atoms with E-state index >= 15 is 0 Å². The average Bonchev–Trinajstić information content (AvgIpc) is 2.70. The lowest BCUT2D eigenvalue weighted by atomic mass is 10.1. The van der Waals surface area contributed by atoms with Crippen molar-refractivity contribution < 1.29 is 13.2 Å². The van der Waals surface area contributed by atoms with Gasteiger partial charge in [0.25, 0.3) is 0 Å². The van der Waals surface area contributed by atoms with Crippen molar-refractivity contribution in [2.24, 2.45) is 0 Å². The van der Waals surface area contributed by atoms with Crippen LogP contribution in [-0.4, -0.2) is 38.3 Å². The highest BCUT2D eigenvalue weighted by molar-refractivity contribution is 7.89. The summed E-state index contributed by atoms with van der Waals surface area (Å²) in [4.78, 5) is 12.6. The normalized spacial score (nSPS) is 15.1. The van der Waals surface area contributed by atoms with Gasteiger partial charge >= 0.3 is 0 Å². The Morgan fingerprint density at radius 3 is 2.31 bits per heavy atom. The van der Waals surface area contributed by atoms with E-state index in [4.69, 9.17) is 0 Å². The van der Waals surface area contributed by atoms with Crippen LogP contribution in [0.3, 0.4) is 0 Å². The Hall–Kier alpha value is -2.38. The zero-order chi connectivity index (χ0) is 21.0. The molecule has 1 aliphatic heterocycles. The van der Waals surface area contributed by atoms with Gasteiger partial charge in [0.15, 0.2) is 0 Å². The number of piperidine rings is 1. The molecular weight excluding hydrogens is 386 g/mol. The van der Waals surface area contributed by atoms with Gasteiger partial charge in [-0.15, -0.1) is 0 Å². The Morgan fingerprint density at radius 2 is 1.62 bits per heavy atom. The molecule has 29 heavy (non-hydrogen) atoms. The van der Waals surface area contributed by atoms with E-state index in [1.54, 1.807) is 22.5 Å². The zero-order valence-electron chi connectivity index (χ0n) is 17.3. The molecule has 0 spiro atoms. The molecule has 0 aromatic heterocycles. The fourth-order valence-electron chi connectivity index (χ4n) is 3.41. The van der Waals surface area contributed by atoms with Crippen molar-refractivity contribution >= 4 is 27.3 Å². The van der Waals surface area contributed by atoms with Gasteiger partial charge in [0.05, 0.1) is 11.4 Å². The van der Waals surface area contributed by atoms with Gasteiger partial charge in [-0.05, 0) is 74.6 Å². The van der Waals surface area contributed by atoms with E-state index in [-0.39, 0.29) is 17.3 Å². The Labute approximate surface area is 173 Å². The van der Waals surface area contributed by atoms with Crippen LogP contribution < -0.4 is 10.6 Å². The van der Waals surface area contributed by atoms with Crippen molar-refractivity contribution in [3.05, 3.63) is 53.1 Å². The van der Waals surface area contributed by atoms with Crippen molar-refractivity contribution in [1.82, 2.24) is 4.31 Å². The highest BCUT2D eigenvalue weighted by Crippen LogP contribution is 2.25. The third-order valence-corrected chi connectivity index (χ3v) is 7.29. The second kappa shape index (κ2) is 8.97. The number of hydrogen-bond acceptors (Lipinski definition) is 4. The minimum Gasteiger partial charge on any atom is -0.376 e. The molecule has 1 aliphatic rings. The number of sulfonamides is 1. The van der Waals surface area contributed by atoms with Gasteiger partial charge in [-0.2, -0.15) is 4.31 Å². The third kappa shape index (κ3) is 5.16. The van der Waals surface area contributed by atoms with Crippen LogP contribution in [0.5, 0.6) is 0 Å². The van der Waals surface area contributed by atoms with Crippen molar-refractivity contribution in [3.8, 4) is 0 Å². The number of nitrogens with one attached hydrogen (secondary N) is 2. The van der Waals surface area contributed by atoms with Crippen molar-refractivity contribution in [3.63, 3.8) is 0 Å². The Bertz CT molecular complexity index is 996. The van der Waals surface area contributed by atoms with Gasteiger partial charge in [0.2, 0.25) is 15.9 Å². The van der Waals surface area contributed by atoms with Crippen LogP contribution in [0.4, 0.5) is 11.4 Å². The number of benzene rings is 2. The SMILES string of the molecule is Cc1ccc(NC(=O)CNc2cc(S(=O)(=O)N3CCCCC3)ccc2C)cc1C. The largest absolute Gasteiger partial charge is 0.376 e. The van der Waals surface area contributed by atoms with E-state index in [0.717, 1.165) is 36.1 Å². The van der Waals surface area contributed by atoms with E-state index < -0.39 is 10.0 Å². The molecule has 2 aromatic carbocycles. The molecule has 0 atom stereocenters. The van der Waals surface area contributed by atoms with Crippen molar-refractivity contribution in [2.45, 2.75) is 44.9 Å². The van der Waals surface area contributed by atoms with Gasteiger partial charge in [0, 0.05) is 24.5 Å². The molecule has 7 heteroatoms. The van der Waals surface area contributed by atoms with Gasteiger partial charge in [-0.25, -0.2) is 8.42 Å². The first-order valence-corrected chi connectivity index (χ1v) is 11.4. The summed E-state index contributed by atoms with van der Waals surface area (Å²) in [6, 6.07) is 10.8. The molecule has 156 valence electrons. The van der Waals surface area contributed by atoms with Crippen LogP contribution in [0.25, 0.3) is 0 Å². The quantitative estimate of drug-likeness (QED) is 0.751. The molecule has 0 aliphatic carbocycles. The van der Waals surface area contributed by atoms with Crippen LogP contribution in [0, 0.1) is 20.8 Å². The smallest absolute Gasteiger partial charge is 0.243 e. The molecule has 1 heterocycles. The number of rotatable bonds is 6. The maximum absolute atomic E-state index is 12.9. The standard InChI is InChI=1S/C22H29N3O3S/c1-16-7-9-19(13-18(16)3)24-22(26)15-23-21-14-20(10-8-17(21)2)29(27,28)25-11-5-4-6-12-25/h7-10,13-14,23H,4-6,11-12,15H2,1-3H3,(H,24,26). The maximum atomic E-state index is 12.9. The van der Waals surface area contributed by atoms with Crippen LogP contribution in [-0.2, 0) is 14.8 Å². The molecule has 1 fully saturated rings. The summed E-state index contributed by atoms with van der Waals surface area (Å²) in [6.45, 7) is 7.10. The predicted molar refractivity (Wildman–Crippen MR) is 117 cm³/mol. The first kappa shape index (κ1) is 21.3. The molecule has 0 unspecified atom stereocenters. The Morgan fingerprint density at radius 1 is 0.931 bits per heavy atom. The maximum Gasteiger partial charge on any atom is 0.243 e. The zero-order valence-corrected chi connectivity index (χ0v) is 18.1. The first-order valence-electron chi connectivity index (χ1n) is 9.99. The van der Waals surface area contributed by atoms with Gasteiger partial charge in [-0.3, -0.25) is 4.79 Å². The van der Waals surface area contributed by atoms with E-state index in [1.165, 1.54) is 5.56 Å². The number of aryl methyl sites for hydroxylation is 3. The summed E-state index contributed by atoms with van der Waals surface area (Å²) in [7, 11) is -3.50. The lowest BCUT2D eigenvalue weighted by molar-refractivity contribution is -0.114. The minimum atomic E-state index is -3.50. The summed E-state index contributed by atoms with van der Waals surface area (Å²) >= 11 is 0. The second-order valence-corrected chi connectivity index (χ2v) is 9.58. The lowest BCUT2D eigenvalue weighted by Gasteiger charge is -2.26. The highest BCUT2D eigenvalue weighted by atomic mass is 32.2. The minimum absolute atomic E-state index is 0.0565. The first-order chi connectivity index (χ1) is 13.8. The molecule has 0 bridgehead atoms. The van der Waals surface area contributed by atoms with Crippen molar-refractivity contribution in [1.29, 1.82) is 0 Å². The number of amides is 1. The number of anilines is 2. The molecule has 2 aromatic rings. The molecular formula is C22H29N3O3S. The third-order valence-electron chi connectivity index (χ3n) is 5.39. The fourth-order valence-corrected chi connectivity index (χ4v) is 4.95. The molecule has 0 radical (unpaired) electrons. The second-order valence-electron chi connectivity index (χ2n) is 7.64. The summed E-state index contributed by atoms with van der Waals surface area (Å²) in [5.41, 5.74) is 4.57. The highest BCUT2D eigenvalue weighted by Gasteiger charge is 2.26. The van der Waals surface area contributed by atoms with E-state index in [9.17, 15) is 13.2 Å². The number of carbonyl (C=O) groups is 1. The monoisotopic (exact) mass is 415 g/mol. The van der Waals surface area contributed by atoms with E-state index in [0.29, 0.717) is 18.8 Å². The van der Waals surface area contributed by atoms with Crippen molar-refractivity contribution in [2.75, 3.05) is 30.3 Å². The summed E-state index contributed by atoms with van der Waals surface area (Å²) < 4.78 is 27.4. The fraction of sp³-hybridized carbons (Fsp3) is 0.409. The number of carbonyl (C=O) groups excluding carboxylic acids is 1. The lowest BCUT2D eigenvalue weighted by Crippen LogP contribution is -2.35. The molecule has 1 amide bonds. The van der Waals surface area contributed by atoms with E-state index in [2.05, 4.69) is 10.6 Å². The van der Waals surface area contributed by atoms with Crippen LogP contribution >= 0.6 is 0 Å². The van der Waals surface area contributed by atoms with Crippen LogP contribution in [0.15, 0.2) is 41.3 Å². The van der Waals surface area contributed by atoms with Gasteiger partial charge in [0.1, 0.15) is 0 Å². The Balaban J connectivity index is 1.68. The molecule has 6 nitrogen and oxygen atoms in total. The van der Waals surface area contributed by atoms with E-state index in [1.807, 2.05) is 39.0 Å². The average molecular weight is 416 g/mol. The topological polar surface area (TPSA) is 78.5 Å². The molecule has 2 N–H and O–H groups in total. The van der Waals surface area contributed by atoms with Gasteiger partial charge < -0.3 is 10.6 Å². The summed E-state index contributed by atoms with van der Waals surface area (Å²) in [5.74, 6) is -0.183. The molecule has 3 rings (SSSR count).